The summed E-state index contributed by atoms with van der Waals surface area (Å²) in [5, 5.41) is 0. The number of ether oxygens (including phenoxy) is 1. The van der Waals surface area contributed by atoms with Crippen molar-refractivity contribution in [3.05, 3.63) is 0 Å². The summed E-state index contributed by atoms with van der Waals surface area (Å²) in [6.07, 6.45) is 7.86. The Balaban J connectivity index is 2.17. The minimum Gasteiger partial charge on any atom is -0.462 e. The lowest BCUT2D eigenvalue weighted by molar-refractivity contribution is -0.160. The summed E-state index contributed by atoms with van der Waals surface area (Å²) in [5.41, 5.74) is 0. The summed E-state index contributed by atoms with van der Waals surface area (Å²) < 4.78 is 5.72. The molecule has 0 amide bonds. The second-order valence-corrected chi connectivity index (χ2v) is 7.07. The zero-order chi connectivity index (χ0) is 14.0. The second-order valence-electron chi connectivity index (χ2n) is 7.07. The van der Waals surface area contributed by atoms with Gasteiger partial charge in [-0.15, -0.1) is 0 Å². The summed E-state index contributed by atoms with van der Waals surface area (Å²) >= 11 is 0. The van der Waals surface area contributed by atoms with Crippen molar-refractivity contribution in [3.8, 4) is 0 Å². The quantitative estimate of drug-likeness (QED) is 0.706. The molecular weight excluding hydrogens is 236 g/mol. The Morgan fingerprint density at radius 3 is 2.58 bits per heavy atom. The summed E-state index contributed by atoms with van der Waals surface area (Å²) in [7, 11) is 0. The molecule has 5 unspecified atom stereocenters. The van der Waals surface area contributed by atoms with Crippen LogP contribution in [0.3, 0.4) is 0 Å². The van der Waals surface area contributed by atoms with Gasteiger partial charge >= 0.3 is 5.97 Å². The standard InChI is InChI=1S/C17H30O2/c1-5-6-15-12(3)7-8-14-9-11(2)10-16(17(14)15)19-13(4)18/h11-12,14-17H,5-10H2,1-4H3/t11?,12-,14?,15?,16?,17?/m0/s1. The van der Waals surface area contributed by atoms with Gasteiger partial charge in [0, 0.05) is 12.8 Å². The predicted octanol–water partition coefficient (Wildman–Crippen LogP) is 4.43. The number of hydrogen-bond donors (Lipinski definition) is 0. The van der Waals surface area contributed by atoms with E-state index in [0.717, 1.165) is 24.2 Å². The minimum atomic E-state index is -0.0914. The van der Waals surface area contributed by atoms with Gasteiger partial charge in [-0.1, -0.05) is 40.0 Å². The molecule has 6 atom stereocenters. The maximum Gasteiger partial charge on any atom is 0.302 e. The van der Waals surface area contributed by atoms with E-state index < -0.39 is 0 Å². The maximum absolute atomic E-state index is 11.4. The summed E-state index contributed by atoms with van der Waals surface area (Å²) in [5.74, 6) is 3.60. The molecule has 2 aliphatic rings. The maximum atomic E-state index is 11.4. The van der Waals surface area contributed by atoms with Crippen LogP contribution in [0.2, 0.25) is 0 Å². The van der Waals surface area contributed by atoms with E-state index in [4.69, 9.17) is 4.74 Å². The first-order valence-electron chi connectivity index (χ1n) is 8.20. The Labute approximate surface area is 118 Å². The first-order chi connectivity index (χ1) is 9.02. The highest BCUT2D eigenvalue weighted by atomic mass is 16.5. The second kappa shape index (κ2) is 6.28. The van der Waals surface area contributed by atoms with Crippen LogP contribution in [0.1, 0.15) is 66.2 Å². The van der Waals surface area contributed by atoms with E-state index >= 15 is 0 Å². The molecule has 0 radical (unpaired) electrons. The average Bonchev–Trinajstić information content (AvgIpc) is 2.32. The number of hydrogen-bond acceptors (Lipinski definition) is 2. The van der Waals surface area contributed by atoms with E-state index in [2.05, 4.69) is 20.8 Å². The van der Waals surface area contributed by atoms with Gasteiger partial charge in [-0.05, 0) is 42.9 Å². The van der Waals surface area contributed by atoms with Gasteiger partial charge in [-0.25, -0.2) is 0 Å². The van der Waals surface area contributed by atoms with Crippen molar-refractivity contribution in [3.63, 3.8) is 0 Å². The fraction of sp³-hybridized carbons (Fsp3) is 0.941. The van der Waals surface area contributed by atoms with Gasteiger partial charge in [-0.2, -0.15) is 0 Å². The van der Waals surface area contributed by atoms with Crippen LogP contribution in [0.15, 0.2) is 0 Å². The van der Waals surface area contributed by atoms with Gasteiger partial charge in [0.2, 0.25) is 0 Å². The normalized spacial score (nSPS) is 42.5. The Morgan fingerprint density at radius 2 is 1.95 bits per heavy atom. The lowest BCUT2D eigenvalue weighted by atomic mass is 9.58. The summed E-state index contributed by atoms with van der Waals surface area (Å²) in [6.45, 7) is 8.57. The molecule has 2 saturated carbocycles. The number of esters is 1. The fourth-order valence-electron chi connectivity index (χ4n) is 4.78. The van der Waals surface area contributed by atoms with Crippen molar-refractivity contribution < 1.29 is 9.53 Å². The van der Waals surface area contributed by atoms with Gasteiger partial charge < -0.3 is 4.74 Å². The number of carbonyl (C=O) groups excluding carboxylic acids is 1. The molecule has 0 N–H and O–H groups in total. The predicted molar refractivity (Wildman–Crippen MR) is 77.7 cm³/mol. The van der Waals surface area contributed by atoms with E-state index in [1.165, 1.54) is 32.1 Å². The highest BCUT2D eigenvalue weighted by molar-refractivity contribution is 5.66. The smallest absolute Gasteiger partial charge is 0.302 e. The third kappa shape index (κ3) is 3.32. The average molecular weight is 266 g/mol. The lowest BCUT2D eigenvalue weighted by Crippen LogP contribution is -2.47. The Kier molecular flexibility index (Phi) is 4.92. The molecule has 2 nitrogen and oxygen atoms in total. The zero-order valence-electron chi connectivity index (χ0n) is 13.0. The van der Waals surface area contributed by atoms with E-state index in [0.29, 0.717) is 11.8 Å². The Hall–Kier alpha value is -0.530. The van der Waals surface area contributed by atoms with Crippen LogP contribution in [0.4, 0.5) is 0 Å². The third-order valence-electron chi connectivity index (χ3n) is 5.47. The molecule has 0 aromatic rings. The summed E-state index contributed by atoms with van der Waals surface area (Å²) in [6, 6.07) is 0. The van der Waals surface area contributed by atoms with Crippen molar-refractivity contribution in [1.82, 2.24) is 0 Å². The van der Waals surface area contributed by atoms with Gasteiger partial charge in [-0.3, -0.25) is 4.79 Å². The Morgan fingerprint density at radius 1 is 1.21 bits per heavy atom. The highest BCUT2D eigenvalue weighted by Gasteiger charge is 2.46. The third-order valence-corrected chi connectivity index (χ3v) is 5.47. The first kappa shape index (κ1) is 14.9. The molecular formula is C17H30O2. The molecule has 0 heterocycles. The molecule has 0 aromatic heterocycles. The van der Waals surface area contributed by atoms with Gasteiger partial charge in [0.05, 0.1) is 0 Å². The topological polar surface area (TPSA) is 26.3 Å². The van der Waals surface area contributed by atoms with E-state index in [9.17, 15) is 4.79 Å². The van der Waals surface area contributed by atoms with Crippen LogP contribution in [-0.2, 0) is 9.53 Å². The molecule has 110 valence electrons. The van der Waals surface area contributed by atoms with Crippen LogP contribution in [-0.4, -0.2) is 12.1 Å². The highest BCUT2D eigenvalue weighted by Crippen LogP contribution is 2.50. The largest absolute Gasteiger partial charge is 0.462 e. The molecule has 2 fully saturated rings. The Bertz CT molecular complexity index is 312. The van der Waals surface area contributed by atoms with Crippen molar-refractivity contribution in [1.29, 1.82) is 0 Å². The molecule has 0 saturated heterocycles. The van der Waals surface area contributed by atoms with Crippen molar-refractivity contribution >= 4 is 5.97 Å². The van der Waals surface area contributed by atoms with Crippen LogP contribution in [0.5, 0.6) is 0 Å². The van der Waals surface area contributed by atoms with Gasteiger partial charge in [0.15, 0.2) is 0 Å². The zero-order valence-corrected chi connectivity index (χ0v) is 13.0. The van der Waals surface area contributed by atoms with Crippen LogP contribution in [0, 0.1) is 29.6 Å². The minimum absolute atomic E-state index is 0.0914. The molecule has 2 heteroatoms. The van der Waals surface area contributed by atoms with Crippen molar-refractivity contribution in [2.24, 2.45) is 29.6 Å². The molecule has 0 spiro atoms. The molecule has 19 heavy (non-hydrogen) atoms. The SMILES string of the molecule is CCCC1C2C(CC[C@@H]1C)CC(C)CC2OC(C)=O. The first-order valence-corrected chi connectivity index (χ1v) is 8.20. The number of fused-ring (bicyclic) bond motifs is 1. The monoisotopic (exact) mass is 266 g/mol. The van der Waals surface area contributed by atoms with Crippen molar-refractivity contribution in [2.75, 3.05) is 0 Å². The van der Waals surface area contributed by atoms with E-state index in [1.807, 2.05) is 0 Å². The van der Waals surface area contributed by atoms with E-state index in [-0.39, 0.29) is 12.1 Å². The molecule has 0 aromatic carbocycles. The molecule has 2 aliphatic carbocycles. The molecule has 0 bridgehead atoms. The van der Waals surface area contributed by atoms with Crippen LogP contribution < -0.4 is 0 Å². The number of rotatable bonds is 3. The van der Waals surface area contributed by atoms with Crippen molar-refractivity contribution in [2.45, 2.75) is 72.3 Å². The fourth-order valence-corrected chi connectivity index (χ4v) is 4.78. The van der Waals surface area contributed by atoms with E-state index in [1.54, 1.807) is 6.92 Å². The number of carbonyl (C=O) groups is 1. The lowest BCUT2D eigenvalue weighted by Gasteiger charge is -2.49. The van der Waals surface area contributed by atoms with Gasteiger partial charge in [0.25, 0.3) is 0 Å². The van der Waals surface area contributed by atoms with Crippen LogP contribution in [0.25, 0.3) is 0 Å². The summed E-state index contributed by atoms with van der Waals surface area (Å²) in [4.78, 5) is 11.4. The van der Waals surface area contributed by atoms with Crippen LogP contribution >= 0.6 is 0 Å². The molecule has 2 rings (SSSR count). The molecule has 0 aliphatic heterocycles. The van der Waals surface area contributed by atoms with Gasteiger partial charge in [0.1, 0.15) is 6.10 Å².